The number of nitrogens with zero attached hydrogens (tertiary/aromatic N) is 2. The van der Waals surface area contributed by atoms with E-state index in [1.54, 1.807) is 13.3 Å². The molecule has 0 bridgehead atoms. The SMILES string of the molecule is CCn1ncc(OC)c1C(NC)C(C)(C)CC. The molecular weight excluding hydrogens is 214 g/mol. The third-order valence-corrected chi connectivity index (χ3v) is 3.62. The minimum absolute atomic E-state index is 0.162. The molecule has 1 aromatic heterocycles. The van der Waals surface area contributed by atoms with Gasteiger partial charge in [-0.1, -0.05) is 20.8 Å². The van der Waals surface area contributed by atoms with Gasteiger partial charge in [0.15, 0.2) is 5.75 Å². The number of hydrogen-bond donors (Lipinski definition) is 1. The van der Waals surface area contributed by atoms with Crippen molar-refractivity contribution in [2.45, 2.75) is 46.7 Å². The van der Waals surface area contributed by atoms with Crippen molar-refractivity contribution >= 4 is 0 Å². The molecule has 0 aliphatic heterocycles. The predicted molar refractivity (Wildman–Crippen MR) is 70.3 cm³/mol. The predicted octanol–water partition coefficient (Wildman–Crippen LogP) is 2.61. The van der Waals surface area contributed by atoms with Crippen LogP contribution in [0.2, 0.25) is 0 Å². The van der Waals surface area contributed by atoms with Crippen molar-refractivity contribution in [2.75, 3.05) is 14.2 Å². The molecule has 0 fully saturated rings. The number of ether oxygens (including phenoxy) is 1. The molecule has 1 atom stereocenters. The zero-order chi connectivity index (χ0) is 13.1. The van der Waals surface area contributed by atoms with Crippen molar-refractivity contribution in [2.24, 2.45) is 5.41 Å². The molecule has 4 heteroatoms. The van der Waals surface area contributed by atoms with Gasteiger partial charge in [-0.05, 0) is 25.8 Å². The highest BCUT2D eigenvalue weighted by atomic mass is 16.5. The molecule has 0 aromatic carbocycles. The summed E-state index contributed by atoms with van der Waals surface area (Å²) in [5, 5.41) is 7.78. The van der Waals surface area contributed by atoms with Gasteiger partial charge < -0.3 is 10.1 Å². The van der Waals surface area contributed by atoms with E-state index in [2.05, 4.69) is 38.1 Å². The second-order valence-electron chi connectivity index (χ2n) is 4.98. The van der Waals surface area contributed by atoms with Crippen molar-refractivity contribution in [3.05, 3.63) is 11.9 Å². The molecule has 0 saturated carbocycles. The summed E-state index contributed by atoms with van der Waals surface area (Å²) >= 11 is 0. The van der Waals surface area contributed by atoms with E-state index in [9.17, 15) is 0 Å². The maximum atomic E-state index is 5.43. The van der Waals surface area contributed by atoms with E-state index in [0.717, 1.165) is 24.4 Å². The van der Waals surface area contributed by atoms with Gasteiger partial charge in [0, 0.05) is 6.54 Å². The first-order valence-corrected chi connectivity index (χ1v) is 6.28. The zero-order valence-electron chi connectivity index (χ0n) is 11.9. The lowest BCUT2D eigenvalue weighted by atomic mass is 9.80. The topological polar surface area (TPSA) is 39.1 Å². The molecule has 0 radical (unpaired) electrons. The molecule has 0 aliphatic rings. The van der Waals surface area contributed by atoms with Crippen LogP contribution in [-0.4, -0.2) is 23.9 Å². The fourth-order valence-electron chi connectivity index (χ4n) is 2.18. The Morgan fingerprint density at radius 1 is 1.47 bits per heavy atom. The summed E-state index contributed by atoms with van der Waals surface area (Å²) in [4.78, 5) is 0. The summed E-state index contributed by atoms with van der Waals surface area (Å²) in [6.07, 6.45) is 2.89. The lowest BCUT2D eigenvalue weighted by Crippen LogP contribution is -2.33. The Bertz CT molecular complexity index is 336. The highest BCUT2D eigenvalue weighted by molar-refractivity contribution is 5.29. The zero-order valence-corrected chi connectivity index (χ0v) is 11.9. The summed E-state index contributed by atoms with van der Waals surface area (Å²) in [7, 11) is 3.70. The standard InChI is InChI=1S/C13H25N3O/c1-7-13(3,4)12(14-5)11-10(17-6)9-15-16(11)8-2/h9,12,14H,7-8H2,1-6H3. The van der Waals surface area contributed by atoms with Crippen LogP contribution in [0.3, 0.4) is 0 Å². The number of hydrogen-bond acceptors (Lipinski definition) is 3. The molecule has 0 spiro atoms. The van der Waals surface area contributed by atoms with Crippen LogP contribution in [0.1, 0.15) is 45.9 Å². The van der Waals surface area contributed by atoms with Crippen LogP contribution in [0.5, 0.6) is 5.75 Å². The molecule has 98 valence electrons. The lowest BCUT2D eigenvalue weighted by Gasteiger charge is -2.34. The fraction of sp³-hybridized carbons (Fsp3) is 0.769. The van der Waals surface area contributed by atoms with Gasteiger partial charge in [0.25, 0.3) is 0 Å². The molecule has 1 aromatic rings. The van der Waals surface area contributed by atoms with Crippen molar-refractivity contribution in [1.82, 2.24) is 15.1 Å². The highest BCUT2D eigenvalue weighted by Crippen LogP contribution is 2.39. The fourth-order valence-corrected chi connectivity index (χ4v) is 2.18. The quantitative estimate of drug-likeness (QED) is 0.829. The van der Waals surface area contributed by atoms with E-state index in [-0.39, 0.29) is 11.5 Å². The van der Waals surface area contributed by atoms with Crippen LogP contribution in [0.15, 0.2) is 6.20 Å². The van der Waals surface area contributed by atoms with Gasteiger partial charge in [0.1, 0.15) is 0 Å². The van der Waals surface area contributed by atoms with Crippen LogP contribution >= 0.6 is 0 Å². The highest BCUT2D eigenvalue weighted by Gasteiger charge is 2.32. The van der Waals surface area contributed by atoms with Crippen LogP contribution < -0.4 is 10.1 Å². The van der Waals surface area contributed by atoms with E-state index >= 15 is 0 Å². The first-order valence-electron chi connectivity index (χ1n) is 6.28. The Hall–Kier alpha value is -1.03. The largest absolute Gasteiger partial charge is 0.493 e. The Kier molecular flexibility index (Phi) is 4.57. The van der Waals surface area contributed by atoms with E-state index < -0.39 is 0 Å². The van der Waals surface area contributed by atoms with Crippen molar-refractivity contribution in [1.29, 1.82) is 0 Å². The molecule has 4 nitrogen and oxygen atoms in total. The number of nitrogens with one attached hydrogen (secondary N) is 1. The third kappa shape index (κ3) is 2.63. The van der Waals surface area contributed by atoms with Gasteiger partial charge >= 0.3 is 0 Å². The van der Waals surface area contributed by atoms with Crippen LogP contribution in [0.25, 0.3) is 0 Å². The summed E-state index contributed by atoms with van der Waals surface area (Å²) in [5.74, 6) is 0.868. The number of methoxy groups -OCH3 is 1. The molecule has 17 heavy (non-hydrogen) atoms. The maximum absolute atomic E-state index is 5.43. The Morgan fingerprint density at radius 2 is 2.12 bits per heavy atom. The van der Waals surface area contributed by atoms with Gasteiger partial charge in [0.05, 0.1) is 25.0 Å². The Labute approximate surface area is 104 Å². The van der Waals surface area contributed by atoms with E-state index in [1.807, 2.05) is 11.7 Å². The molecule has 1 unspecified atom stereocenters. The first kappa shape index (κ1) is 14.0. The van der Waals surface area contributed by atoms with Gasteiger partial charge in [-0.25, -0.2) is 0 Å². The van der Waals surface area contributed by atoms with E-state index in [4.69, 9.17) is 4.74 Å². The Morgan fingerprint density at radius 3 is 2.53 bits per heavy atom. The van der Waals surface area contributed by atoms with Crippen molar-refractivity contribution in [3.63, 3.8) is 0 Å². The molecule has 0 amide bonds. The summed E-state index contributed by atoms with van der Waals surface area (Å²) < 4.78 is 7.44. The smallest absolute Gasteiger partial charge is 0.161 e. The molecular formula is C13H25N3O. The maximum Gasteiger partial charge on any atom is 0.161 e. The average molecular weight is 239 g/mol. The number of aromatic nitrogens is 2. The second-order valence-corrected chi connectivity index (χ2v) is 4.98. The third-order valence-electron chi connectivity index (χ3n) is 3.62. The second kappa shape index (κ2) is 5.54. The van der Waals surface area contributed by atoms with Gasteiger partial charge in [0.2, 0.25) is 0 Å². The van der Waals surface area contributed by atoms with Gasteiger partial charge in [-0.3, -0.25) is 4.68 Å². The minimum atomic E-state index is 0.162. The number of aryl methyl sites for hydroxylation is 1. The van der Waals surface area contributed by atoms with Crippen LogP contribution in [-0.2, 0) is 6.54 Å². The lowest BCUT2D eigenvalue weighted by molar-refractivity contribution is 0.228. The summed E-state index contributed by atoms with van der Waals surface area (Å²) in [6.45, 7) is 9.70. The first-order chi connectivity index (χ1) is 8.01. The van der Waals surface area contributed by atoms with Crippen LogP contribution in [0, 0.1) is 5.41 Å². The molecule has 1 heterocycles. The van der Waals surface area contributed by atoms with Gasteiger partial charge in [-0.2, -0.15) is 5.10 Å². The molecule has 1 N–H and O–H groups in total. The van der Waals surface area contributed by atoms with Crippen LogP contribution in [0.4, 0.5) is 0 Å². The Balaban J connectivity index is 3.23. The summed E-state index contributed by atoms with van der Waals surface area (Å²) in [5.41, 5.74) is 1.30. The normalized spacial score (nSPS) is 13.8. The van der Waals surface area contributed by atoms with Gasteiger partial charge in [-0.15, -0.1) is 0 Å². The molecule has 0 aliphatic carbocycles. The van der Waals surface area contributed by atoms with Crippen molar-refractivity contribution in [3.8, 4) is 5.75 Å². The van der Waals surface area contributed by atoms with E-state index in [0.29, 0.717) is 0 Å². The summed E-state index contributed by atoms with van der Waals surface area (Å²) in [6, 6.07) is 0.241. The average Bonchev–Trinajstić information content (AvgIpc) is 2.72. The monoisotopic (exact) mass is 239 g/mol. The minimum Gasteiger partial charge on any atom is -0.493 e. The number of rotatable bonds is 6. The van der Waals surface area contributed by atoms with E-state index in [1.165, 1.54) is 0 Å². The molecule has 1 rings (SSSR count). The molecule has 0 saturated heterocycles. The van der Waals surface area contributed by atoms with Crippen molar-refractivity contribution < 1.29 is 4.74 Å².